The Morgan fingerprint density at radius 3 is 2.84 bits per heavy atom. The lowest BCUT2D eigenvalue weighted by atomic mass is 10.2. The van der Waals surface area contributed by atoms with E-state index in [0.717, 1.165) is 0 Å². The second-order valence-electron chi connectivity index (χ2n) is 4.45. The molecule has 0 fully saturated rings. The van der Waals surface area contributed by atoms with E-state index >= 15 is 0 Å². The first kappa shape index (κ1) is 14.1. The van der Waals surface area contributed by atoms with E-state index in [1.807, 2.05) is 19.0 Å². The molecule has 7 heteroatoms. The van der Waals surface area contributed by atoms with Crippen molar-refractivity contribution in [3.05, 3.63) is 34.3 Å². The van der Waals surface area contributed by atoms with E-state index in [1.165, 1.54) is 6.07 Å². The summed E-state index contributed by atoms with van der Waals surface area (Å²) in [6.07, 6.45) is 0. The number of halogens is 2. The third-order valence-corrected chi connectivity index (χ3v) is 2.99. The number of rotatable bonds is 4. The molecule has 102 valence electrons. The van der Waals surface area contributed by atoms with Gasteiger partial charge in [-0.1, -0.05) is 21.1 Å². The zero-order chi connectivity index (χ0) is 14.0. The van der Waals surface area contributed by atoms with Crippen LogP contribution in [0.1, 0.15) is 11.9 Å². The molecular formula is C12H14BrFN4O. The molecule has 0 saturated heterocycles. The summed E-state index contributed by atoms with van der Waals surface area (Å²) in [4.78, 5) is 6.06. The van der Waals surface area contributed by atoms with Gasteiger partial charge in [0.2, 0.25) is 0 Å². The van der Waals surface area contributed by atoms with Gasteiger partial charge >= 0.3 is 0 Å². The van der Waals surface area contributed by atoms with Crippen LogP contribution in [0, 0.1) is 5.82 Å². The van der Waals surface area contributed by atoms with Crippen LogP contribution in [0.4, 0.5) is 4.39 Å². The molecule has 1 aromatic heterocycles. The predicted molar refractivity (Wildman–Crippen MR) is 72.9 cm³/mol. The van der Waals surface area contributed by atoms with Crippen molar-refractivity contribution < 1.29 is 8.91 Å². The Bertz CT molecular complexity index is 573. The van der Waals surface area contributed by atoms with Gasteiger partial charge in [-0.2, -0.15) is 4.98 Å². The summed E-state index contributed by atoms with van der Waals surface area (Å²) in [6.45, 7) is 0.585. The minimum Gasteiger partial charge on any atom is -0.334 e. The second-order valence-corrected chi connectivity index (χ2v) is 5.37. The molecule has 2 aromatic rings. The maximum atomic E-state index is 13.8. The minimum atomic E-state index is -0.425. The van der Waals surface area contributed by atoms with Crippen molar-refractivity contribution in [3.8, 4) is 11.5 Å². The quantitative estimate of drug-likeness (QED) is 0.931. The van der Waals surface area contributed by atoms with Crippen LogP contribution < -0.4 is 5.73 Å². The van der Waals surface area contributed by atoms with Gasteiger partial charge in [-0.05, 0) is 32.3 Å². The Morgan fingerprint density at radius 1 is 1.47 bits per heavy atom. The molecule has 1 aromatic carbocycles. The molecule has 2 rings (SSSR count). The number of hydrogen-bond donors (Lipinski definition) is 1. The summed E-state index contributed by atoms with van der Waals surface area (Å²) in [5.74, 6) is 0.0750. The van der Waals surface area contributed by atoms with Crippen LogP contribution >= 0.6 is 15.9 Å². The summed E-state index contributed by atoms with van der Waals surface area (Å²) in [5, 5.41) is 3.79. The fraction of sp³-hybridized carbons (Fsp3) is 0.333. The maximum Gasteiger partial charge on any atom is 0.260 e. The van der Waals surface area contributed by atoms with E-state index in [-0.39, 0.29) is 17.5 Å². The Morgan fingerprint density at radius 2 is 2.21 bits per heavy atom. The molecule has 0 radical (unpaired) electrons. The maximum absolute atomic E-state index is 13.8. The van der Waals surface area contributed by atoms with Gasteiger partial charge in [0.05, 0.1) is 11.6 Å². The van der Waals surface area contributed by atoms with Crippen LogP contribution in [0.2, 0.25) is 0 Å². The number of hydrogen-bond acceptors (Lipinski definition) is 5. The van der Waals surface area contributed by atoms with Crippen molar-refractivity contribution in [2.75, 3.05) is 20.6 Å². The first-order valence-electron chi connectivity index (χ1n) is 5.66. The third kappa shape index (κ3) is 3.37. The highest BCUT2D eigenvalue weighted by Crippen LogP contribution is 2.24. The summed E-state index contributed by atoms with van der Waals surface area (Å²) in [6, 6.07) is 4.26. The van der Waals surface area contributed by atoms with Crippen molar-refractivity contribution in [1.29, 1.82) is 0 Å². The molecule has 0 aliphatic carbocycles. The van der Waals surface area contributed by atoms with Crippen LogP contribution in [0.5, 0.6) is 0 Å². The molecule has 1 unspecified atom stereocenters. The van der Waals surface area contributed by atoms with E-state index in [1.54, 1.807) is 12.1 Å². The molecule has 0 aliphatic rings. The Kier molecular flexibility index (Phi) is 4.28. The molecule has 0 bridgehead atoms. The molecule has 0 amide bonds. The zero-order valence-corrected chi connectivity index (χ0v) is 12.2. The van der Waals surface area contributed by atoms with Gasteiger partial charge in [-0.3, -0.25) is 0 Å². The summed E-state index contributed by atoms with van der Waals surface area (Å²) in [5.41, 5.74) is 6.18. The topological polar surface area (TPSA) is 68.2 Å². The van der Waals surface area contributed by atoms with Crippen LogP contribution in [0.3, 0.4) is 0 Å². The fourth-order valence-corrected chi connectivity index (χ4v) is 1.97. The smallest absolute Gasteiger partial charge is 0.260 e. The van der Waals surface area contributed by atoms with Crippen LogP contribution in [-0.2, 0) is 0 Å². The van der Waals surface area contributed by atoms with E-state index in [9.17, 15) is 4.39 Å². The molecule has 0 aliphatic heterocycles. The fourth-order valence-electron chi connectivity index (χ4n) is 1.63. The van der Waals surface area contributed by atoms with Crippen molar-refractivity contribution in [2.45, 2.75) is 6.04 Å². The normalized spacial score (nSPS) is 12.9. The van der Waals surface area contributed by atoms with Crippen molar-refractivity contribution >= 4 is 15.9 Å². The largest absolute Gasteiger partial charge is 0.334 e. The first-order chi connectivity index (χ1) is 8.97. The average molecular weight is 329 g/mol. The Hall–Kier alpha value is -1.31. The number of nitrogens with zero attached hydrogens (tertiary/aromatic N) is 3. The lowest BCUT2D eigenvalue weighted by Crippen LogP contribution is -2.26. The number of benzene rings is 1. The van der Waals surface area contributed by atoms with E-state index in [0.29, 0.717) is 16.8 Å². The van der Waals surface area contributed by atoms with Gasteiger partial charge in [0.1, 0.15) is 5.82 Å². The Labute approximate surface area is 118 Å². The number of aromatic nitrogens is 2. The standard InChI is InChI=1S/C12H14BrFN4O/c1-18(2)6-10(15)11-16-12(19-17-11)8-4-3-7(13)5-9(8)14/h3-5,10H,6,15H2,1-2H3. The van der Waals surface area contributed by atoms with E-state index < -0.39 is 5.82 Å². The lowest BCUT2D eigenvalue weighted by Gasteiger charge is -2.12. The average Bonchev–Trinajstić information content (AvgIpc) is 2.77. The van der Waals surface area contributed by atoms with Gasteiger partial charge in [-0.25, -0.2) is 4.39 Å². The minimum absolute atomic E-state index is 0.134. The van der Waals surface area contributed by atoms with Crippen molar-refractivity contribution in [1.82, 2.24) is 15.0 Å². The van der Waals surface area contributed by atoms with Crippen molar-refractivity contribution in [3.63, 3.8) is 0 Å². The molecule has 5 nitrogen and oxygen atoms in total. The Balaban J connectivity index is 2.25. The van der Waals surface area contributed by atoms with Crippen LogP contribution in [-0.4, -0.2) is 35.7 Å². The van der Waals surface area contributed by atoms with Gasteiger partial charge in [0.25, 0.3) is 5.89 Å². The summed E-state index contributed by atoms with van der Waals surface area (Å²) < 4.78 is 19.5. The monoisotopic (exact) mass is 328 g/mol. The number of likely N-dealkylation sites (N-methyl/N-ethyl adjacent to an activating group) is 1. The molecule has 1 atom stereocenters. The van der Waals surface area contributed by atoms with Gasteiger partial charge in [0.15, 0.2) is 5.82 Å². The molecular weight excluding hydrogens is 315 g/mol. The van der Waals surface area contributed by atoms with Gasteiger partial charge in [0, 0.05) is 11.0 Å². The summed E-state index contributed by atoms with van der Waals surface area (Å²) >= 11 is 3.19. The second kappa shape index (κ2) is 5.77. The van der Waals surface area contributed by atoms with Gasteiger partial charge in [-0.15, -0.1) is 0 Å². The predicted octanol–water partition coefficient (Wildman–Crippen LogP) is 2.20. The highest BCUT2D eigenvalue weighted by molar-refractivity contribution is 9.10. The highest BCUT2D eigenvalue weighted by Gasteiger charge is 2.18. The SMILES string of the molecule is CN(C)CC(N)c1noc(-c2ccc(Br)cc2F)n1. The molecule has 2 N–H and O–H groups in total. The van der Waals surface area contributed by atoms with E-state index in [2.05, 4.69) is 26.1 Å². The summed E-state index contributed by atoms with van der Waals surface area (Å²) in [7, 11) is 3.80. The molecule has 19 heavy (non-hydrogen) atoms. The van der Waals surface area contributed by atoms with Crippen molar-refractivity contribution in [2.24, 2.45) is 5.73 Å². The first-order valence-corrected chi connectivity index (χ1v) is 6.46. The molecule has 1 heterocycles. The van der Waals surface area contributed by atoms with Crippen LogP contribution in [0.25, 0.3) is 11.5 Å². The molecule has 0 saturated carbocycles. The van der Waals surface area contributed by atoms with Gasteiger partial charge < -0.3 is 15.2 Å². The molecule has 0 spiro atoms. The lowest BCUT2D eigenvalue weighted by molar-refractivity contribution is 0.357. The zero-order valence-electron chi connectivity index (χ0n) is 10.6. The third-order valence-electron chi connectivity index (χ3n) is 2.50. The van der Waals surface area contributed by atoms with E-state index in [4.69, 9.17) is 10.3 Å². The number of nitrogens with two attached hydrogens (primary N) is 1. The highest BCUT2D eigenvalue weighted by atomic mass is 79.9. The van der Waals surface area contributed by atoms with Crippen LogP contribution in [0.15, 0.2) is 27.2 Å².